The van der Waals surface area contributed by atoms with Crippen LogP contribution in [0.15, 0.2) is 4.99 Å². The molecule has 0 aromatic carbocycles. The van der Waals surface area contributed by atoms with Gasteiger partial charge in [0, 0.05) is 51.9 Å². The van der Waals surface area contributed by atoms with Gasteiger partial charge in [-0.2, -0.15) is 0 Å². The Hall–Kier alpha value is -0.770. The second-order valence-electron chi connectivity index (χ2n) is 9.57. The average molecular weight is 540 g/mol. The van der Waals surface area contributed by atoms with Gasteiger partial charge >= 0.3 is 6.09 Å². The number of amides is 1. The molecule has 0 atom stereocenters. The zero-order chi connectivity index (χ0) is 22.0. The third kappa shape index (κ3) is 11.6. The Morgan fingerprint density at radius 1 is 1.13 bits per heavy atom. The molecule has 0 unspecified atom stereocenters. The summed E-state index contributed by atoms with van der Waals surface area (Å²) in [6.45, 7) is 19.1. The quantitative estimate of drug-likeness (QED) is 0.212. The third-order valence-corrected chi connectivity index (χ3v) is 5.26. The lowest BCUT2D eigenvalue weighted by Gasteiger charge is -2.33. The van der Waals surface area contributed by atoms with E-state index in [2.05, 4.69) is 48.2 Å². The van der Waals surface area contributed by atoms with E-state index in [1.54, 1.807) is 0 Å². The van der Waals surface area contributed by atoms with E-state index in [9.17, 15) is 4.79 Å². The van der Waals surface area contributed by atoms with Gasteiger partial charge in [0.1, 0.15) is 5.60 Å². The highest BCUT2D eigenvalue weighted by Gasteiger charge is 2.26. The maximum absolute atomic E-state index is 12.2. The van der Waals surface area contributed by atoms with Crippen LogP contribution in [0, 0.1) is 5.92 Å². The Morgan fingerprint density at radius 2 is 1.70 bits per heavy atom. The first-order valence-corrected chi connectivity index (χ1v) is 11.2. The highest BCUT2D eigenvalue weighted by molar-refractivity contribution is 14.0. The average Bonchev–Trinajstić information content (AvgIpc) is 2.62. The van der Waals surface area contributed by atoms with Crippen molar-refractivity contribution in [2.45, 2.75) is 85.4 Å². The van der Waals surface area contributed by atoms with Crippen LogP contribution in [0.25, 0.3) is 0 Å². The SMILES string of the molecule is CN=C(NCCCN(C(C)C)C(C)C)NCC1CCN(C(=O)OC(C)(C)C)CC1.I. The lowest BCUT2D eigenvalue weighted by Crippen LogP contribution is -2.45. The number of guanidine groups is 1. The van der Waals surface area contributed by atoms with Gasteiger partial charge in [-0.1, -0.05) is 0 Å². The Balaban J connectivity index is 0.00000841. The molecule has 1 amide bonds. The lowest BCUT2D eigenvalue weighted by molar-refractivity contribution is 0.0185. The van der Waals surface area contributed by atoms with E-state index in [0.29, 0.717) is 18.0 Å². The topological polar surface area (TPSA) is 69.2 Å². The van der Waals surface area contributed by atoms with Crippen LogP contribution in [-0.2, 0) is 4.74 Å². The summed E-state index contributed by atoms with van der Waals surface area (Å²) in [6, 6.07) is 1.14. The Bertz CT molecular complexity index is 504. The van der Waals surface area contributed by atoms with Crippen LogP contribution in [0.1, 0.15) is 67.7 Å². The van der Waals surface area contributed by atoms with Crippen LogP contribution in [0.4, 0.5) is 4.79 Å². The number of rotatable bonds is 8. The van der Waals surface area contributed by atoms with Crippen LogP contribution in [0.3, 0.4) is 0 Å². The molecule has 0 aromatic rings. The van der Waals surface area contributed by atoms with Crippen molar-refractivity contribution in [3.05, 3.63) is 0 Å². The molecule has 0 spiro atoms. The van der Waals surface area contributed by atoms with Gasteiger partial charge in [0.2, 0.25) is 0 Å². The number of aliphatic imine (C=N–C) groups is 1. The smallest absolute Gasteiger partial charge is 0.410 e. The molecule has 0 saturated carbocycles. The predicted octanol–water partition coefficient (Wildman–Crippen LogP) is 3.93. The molecule has 1 aliphatic rings. The number of halogens is 1. The number of piperidine rings is 1. The van der Waals surface area contributed by atoms with E-state index in [4.69, 9.17) is 4.74 Å². The third-order valence-electron chi connectivity index (χ3n) is 5.26. The number of carbonyl (C=O) groups excluding carboxylic acids is 1. The van der Waals surface area contributed by atoms with Crippen molar-refractivity contribution < 1.29 is 9.53 Å². The second kappa shape index (κ2) is 14.3. The Labute approximate surface area is 201 Å². The van der Waals surface area contributed by atoms with Crippen LogP contribution in [0.2, 0.25) is 0 Å². The molecule has 1 aliphatic heterocycles. The summed E-state index contributed by atoms with van der Waals surface area (Å²) in [6.07, 6.45) is 2.87. The Morgan fingerprint density at radius 3 is 2.17 bits per heavy atom. The minimum Gasteiger partial charge on any atom is -0.444 e. The largest absolute Gasteiger partial charge is 0.444 e. The molecule has 0 bridgehead atoms. The molecule has 1 saturated heterocycles. The van der Waals surface area contributed by atoms with Gasteiger partial charge in [0.05, 0.1) is 0 Å². The molecule has 1 fully saturated rings. The van der Waals surface area contributed by atoms with Gasteiger partial charge < -0.3 is 20.3 Å². The zero-order valence-electron chi connectivity index (χ0n) is 20.5. The molecular formula is C22H46IN5O2. The van der Waals surface area contributed by atoms with E-state index in [0.717, 1.165) is 57.9 Å². The monoisotopic (exact) mass is 539 g/mol. The molecule has 1 rings (SSSR count). The van der Waals surface area contributed by atoms with Crippen molar-refractivity contribution in [1.29, 1.82) is 0 Å². The zero-order valence-corrected chi connectivity index (χ0v) is 22.8. The fourth-order valence-corrected chi connectivity index (χ4v) is 3.69. The molecule has 7 nitrogen and oxygen atoms in total. The van der Waals surface area contributed by atoms with Crippen LogP contribution < -0.4 is 10.6 Å². The van der Waals surface area contributed by atoms with E-state index in [1.807, 2.05) is 32.7 Å². The highest BCUT2D eigenvalue weighted by atomic mass is 127. The van der Waals surface area contributed by atoms with Crippen LogP contribution in [0.5, 0.6) is 0 Å². The summed E-state index contributed by atoms with van der Waals surface area (Å²) in [7, 11) is 1.81. The summed E-state index contributed by atoms with van der Waals surface area (Å²) < 4.78 is 5.47. The fourth-order valence-electron chi connectivity index (χ4n) is 3.69. The number of nitrogens with one attached hydrogen (secondary N) is 2. The molecule has 0 aliphatic carbocycles. The lowest BCUT2D eigenvalue weighted by atomic mass is 9.97. The van der Waals surface area contributed by atoms with Crippen molar-refractivity contribution >= 4 is 36.0 Å². The van der Waals surface area contributed by atoms with Crippen molar-refractivity contribution in [2.24, 2.45) is 10.9 Å². The molecule has 0 aromatic heterocycles. The van der Waals surface area contributed by atoms with Gasteiger partial charge in [-0.3, -0.25) is 9.89 Å². The number of carbonyl (C=O) groups is 1. The molecule has 178 valence electrons. The number of likely N-dealkylation sites (tertiary alicyclic amines) is 1. The van der Waals surface area contributed by atoms with Crippen LogP contribution in [-0.4, -0.2) is 79.3 Å². The fraction of sp³-hybridized carbons (Fsp3) is 0.909. The Kier molecular flexibility index (Phi) is 14.0. The molecular weight excluding hydrogens is 493 g/mol. The van der Waals surface area contributed by atoms with E-state index in [-0.39, 0.29) is 30.1 Å². The maximum Gasteiger partial charge on any atom is 0.410 e. The van der Waals surface area contributed by atoms with Gasteiger partial charge in [-0.15, -0.1) is 24.0 Å². The maximum atomic E-state index is 12.2. The summed E-state index contributed by atoms with van der Waals surface area (Å²) >= 11 is 0. The molecule has 2 N–H and O–H groups in total. The minimum absolute atomic E-state index is 0. The normalized spacial score (nSPS) is 16.1. The summed E-state index contributed by atoms with van der Waals surface area (Å²) in [5, 5.41) is 6.87. The second-order valence-corrected chi connectivity index (χ2v) is 9.57. The summed E-state index contributed by atoms with van der Waals surface area (Å²) in [5.41, 5.74) is -0.435. The van der Waals surface area contributed by atoms with E-state index in [1.165, 1.54) is 0 Å². The molecule has 1 heterocycles. The number of hydrogen-bond donors (Lipinski definition) is 2. The van der Waals surface area contributed by atoms with E-state index < -0.39 is 5.60 Å². The summed E-state index contributed by atoms with van der Waals surface area (Å²) in [5.74, 6) is 1.41. The number of ether oxygens (including phenoxy) is 1. The summed E-state index contributed by atoms with van der Waals surface area (Å²) in [4.78, 5) is 20.8. The van der Waals surface area contributed by atoms with Gasteiger partial charge in [0.15, 0.2) is 5.96 Å². The van der Waals surface area contributed by atoms with Crippen molar-refractivity contribution in [1.82, 2.24) is 20.4 Å². The number of hydrogen-bond acceptors (Lipinski definition) is 4. The molecule has 0 radical (unpaired) electrons. The first-order valence-electron chi connectivity index (χ1n) is 11.2. The standard InChI is InChI=1S/C22H45N5O2.HI/c1-17(2)27(18(3)4)13-9-12-24-20(23-8)25-16-19-10-14-26(15-11-19)21(28)29-22(5,6)7;/h17-19H,9-16H2,1-8H3,(H2,23,24,25);1H. The van der Waals surface area contributed by atoms with Gasteiger partial charge in [0.25, 0.3) is 0 Å². The van der Waals surface area contributed by atoms with Crippen molar-refractivity contribution in [3.63, 3.8) is 0 Å². The van der Waals surface area contributed by atoms with E-state index >= 15 is 0 Å². The first-order chi connectivity index (χ1) is 13.5. The van der Waals surface area contributed by atoms with Gasteiger partial charge in [-0.05, 0) is 73.6 Å². The molecule has 8 heteroatoms. The first kappa shape index (κ1) is 29.2. The highest BCUT2D eigenvalue weighted by Crippen LogP contribution is 2.19. The van der Waals surface area contributed by atoms with Crippen LogP contribution >= 0.6 is 24.0 Å². The van der Waals surface area contributed by atoms with Gasteiger partial charge in [-0.25, -0.2) is 4.79 Å². The number of nitrogens with zero attached hydrogens (tertiary/aromatic N) is 3. The molecule has 30 heavy (non-hydrogen) atoms. The van der Waals surface area contributed by atoms with Crippen molar-refractivity contribution in [2.75, 3.05) is 39.8 Å². The predicted molar refractivity (Wildman–Crippen MR) is 137 cm³/mol. The minimum atomic E-state index is -0.435. The van der Waals surface area contributed by atoms with Crippen molar-refractivity contribution in [3.8, 4) is 0 Å².